The molecule has 1 amide bonds. The van der Waals surface area contributed by atoms with Gasteiger partial charge in [0, 0.05) is 13.2 Å². The van der Waals surface area contributed by atoms with Crippen LogP contribution in [-0.2, 0) is 0 Å². The second-order valence-corrected chi connectivity index (χ2v) is 4.43. The number of carbonyl (C=O) groups is 1. The summed E-state index contributed by atoms with van der Waals surface area (Å²) in [4.78, 5) is 11.8. The lowest BCUT2D eigenvalue weighted by Crippen LogP contribution is -2.25. The first kappa shape index (κ1) is 14.3. The maximum absolute atomic E-state index is 11.8. The van der Waals surface area contributed by atoms with Crippen LogP contribution in [0.2, 0.25) is 0 Å². The average molecular weight is 252 g/mol. The van der Waals surface area contributed by atoms with Crippen LogP contribution in [-0.4, -0.2) is 29.3 Å². The number of rotatable bonds is 6. The van der Waals surface area contributed by atoms with Gasteiger partial charge in [-0.1, -0.05) is 13.0 Å². The average Bonchev–Trinajstić information content (AvgIpc) is 2.37. The summed E-state index contributed by atoms with van der Waals surface area (Å²) in [6.07, 6.45) is 1.64. The summed E-state index contributed by atoms with van der Waals surface area (Å²) in [5.74, 6) is -0.280. The van der Waals surface area contributed by atoms with E-state index in [9.17, 15) is 9.90 Å². The number of anilines is 1. The van der Waals surface area contributed by atoms with Crippen molar-refractivity contribution in [2.75, 3.05) is 18.9 Å². The van der Waals surface area contributed by atoms with Gasteiger partial charge in [0.1, 0.15) is 0 Å². The molecule has 0 saturated carbocycles. The zero-order valence-electron chi connectivity index (χ0n) is 10.5. The standard InChI is InChI=1S/C13H20N2O3/c1-9(8-16)4-3-7-15-13(18)10-5-2-6-11(14)12(10)17/h2,5-6,9,16-17H,3-4,7-8,14H2,1H3,(H,15,18). The fourth-order valence-electron chi connectivity index (χ4n) is 1.58. The quantitative estimate of drug-likeness (QED) is 0.346. The van der Waals surface area contributed by atoms with Crippen LogP contribution in [0.5, 0.6) is 5.75 Å². The topological polar surface area (TPSA) is 95.6 Å². The van der Waals surface area contributed by atoms with Crippen LogP contribution in [0.3, 0.4) is 0 Å². The predicted octanol–water partition coefficient (Wildman–Crippen LogP) is 1.11. The van der Waals surface area contributed by atoms with Crippen LogP contribution in [0, 0.1) is 5.92 Å². The van der Waals surface area contributed by atoms with Crippen molar-refractivity contribution < 1.29 is 15.0 Å². The first-order valence-electron chi connectivity index (χ1n) is 6.02. The minimum Gasteiger partial charge on any atom is -0.505 e. The second-order valence-electron chi connectivity index (χ2n) is 4.43. The Morgan fingerprint density at radius 1 is 1.50 bits per heavy atom. The summed E-state index contributed by atoms with van der Waals surface area (Å²) in [5, 5.41) is 21.2. The van der Waals surface area contributed by atoms with Gasteiger partial charge >= 0.3 is 0 Å². The highest BCUT2D eigenvalue weighted by atomic mass is 16.3. The Morgan fingerprint density at radius 2 is 2.22 bits per heavy atom. The number of para-hydroxylation sites is 1. The Morgan fingerprint density at radius 3 is 2.89 bits per heavy atom. The second kappa shape index (κ2) is 6.86. The first-order chi connectivity index (χ1) is 8.56. The van der Waals surface area contributed by atoms with Crippen molar-refractivity contribution in [1.29, 1.82) is 0 Å². The number of phenolic OH excluding ortho intramolecular Hbond substituents is 1. The molecule has 5 heteroatoms. The van der Waals surface area contributed by atoms with E-state index in [1.165, 1.54) is 12.1 Å². The zero-order valence-corrected chi connectivity index (χ0v) is 10.5. The van der Waals surface area contributed by atoms with E-state index in [0.717, 1.165) is 12.8 Å². The molecule has 1 rings (SSSR count). The molecule has 0 fully saturated rings. The molecule has 0 aliphatic carbocycles. The molecule has 5 nitrogen and oxygen atoms in total. The molecular weight excluding hydrogens is 232 g/mol. The van der Waals surface area contributed by atoms with Gasteiger partial charge in [-0.3, -0.25) is 4.79 Å². The third kappa shape index (κ3) is 3.92. The lowest BCUT2D eigenvalue weighted by Gasteiger charge is -2.10. The van der Waals surface area contributed by atoms with E-state index in [1.54, 1.807) is 6.07 Å². The Kier molecular flexibility index (Phi) is 5.45. The van der Waals surface area contributed by atoms with Gasteiger partial charge in [-0.25, -0.2) is 0 Å². The van der Waals surface area contributed by atoms with Crippen LogP contribution in [0.1, 0.15) is 30.1 Å². The summed E-state index contributed by atoms with van der Waals surface area (Å²) in [6, 6.07) is 4.68. The molecule has 18 heavy (non-hydrogen) atoms. The van der Waals surface area contributed by atoms with Crippen LogP contribution >= 0.6 is 0 Å². The Bertz CT molecular complexity index is 407. The molecular formula is C13H20N2O3. The highest BCUT2D eigenvalue weighted by Crippen LogP contribution is 2.24. The molecule has 1 aromatic rings. The van der Waals surface area contributed by atoms with Gasteiger partial charge in [0.2, 0.25) is 0 Å². The fraction of sp³-hybridized carbons (Fsp3) is 0.462. The molecule has 0 radical (unpaired) electrons. The lowest BCUT2D eigenvalue weighted by molar-refractivity contribution is 0.0949. The van der Waals surface area contributed by atoms with Crippen molar-refractivity contribution in [3.63, 3.8) is 0 Å². The highest BCUT2D eigenvalue weighted by molar-refractivity contribution is 5.98. The molecule has 5 N–H and O–H groups in total. The van der Waals surface area contributed by atoms with E-state index in [-0.39, 0.29) is 35.4 Å². The number of hydrogen-bond acceptors (Lipinski definition) is 4. The SMILES string of the molecule is CC(CO)CCCNC(=O)c1cccc(N)c1O. The molecule has 1 aromatic carbocycles. The smallest absolute Gasteiger partial charge is 0.255 e. The van der Waals surface area contributed by atoms with Crippen molar-refractivity contribution in [3.8, 4) is 5.75 Å². The van der Waals surface area contributed by atoms with Gasteiger partial charge in [-0.15, -0.1) is 0 Å². The number of nitrogens with one attached hydrogen (secondary N) is 1. The molecule has 0 spiro atoms. The van der Waals surface area contributed by atoms with E-state index in [1.807, 2.05) is 6.92 Å². The number of nitrogens with two attached hydrogens (primary N) is 1. The molecule has 0 aliphatic rings. The van der Waals surface area contributed by atoms with Gasteiger partial charge in [-0.2, -0.15) is 0 Å². The van der Waals surface area contributed by atoms with Gasteiger partial charge in [0.25, 0.3) is 5.91 Å². The maximum atomic E-state index is 11.8. The third-order valence-corrected chi connectivity index (χ3v) is 2.78. The van der Waals surface area contributed by atoms with Crippen molar-refractivity contribution >= 4 is 11.6 Å². The normalized spacial score (nSPS) is 12.1. The number of amides is 1. The number of nitrogen functional groups attached to an aromatic ring is 1. The summed E-state index contributed by atoms with van der Waals surface area (Å²) >= 11 is 0. The van der Waals surface area contributed by atoms with E-state index in [0.29, 0.717) is 6.54 Å². The number of aliphatic hydroxyl groups is 1. The number of carbonyl (C=O) groups excluding carboxylic acids is 1. The zero-order chi connectivity index (χ0) is 13.5. The molecule has 0 aliphatic heterocycles. The summed E-state index contributed by atoms with van der Waals surface area (Å²) in [7, 11) is 0. The minimum atomic E-state index is -0.337. The molecule has 0 saturated heterocycles. The van der Waals surface area contributed by atoms with Crippen molar-refractivity contribution in [2.45, 2.75) is 19.8 Å². The predicted molar refractivity (Wildman–Crippen MR) is 70.3 cm³/mol. The summed E-state index contributed by atoms with van der Waals surface area (Å²) < 4.78 is 0. The number of benzene rings is 1. The highest BCUT2D eigenvalue weighted by Gasteiger charge is 2.12. The van der Waals surface area contributed by atoms with E-state index in [4.69, 9.17) is 10.8 Å². The molecule has 0 heterocycles. The summed E-state index contributed by atoms with van der Waals surface area (Å²) in [5.41, 5.74) is 5.89. The van der Waals surface area contributed by atoms with Crippen LogP contribution in [0.4, 0.5) is 5.69 Å². The number of hydrogen-bond donors (Lipinski definition) is 4. The largest absolute Gasteiger partial charge is 0.505 e. The third-order valence-electron chi connectivity index (χ3n) is 2.78. The fourth-order valence-corrected chi connectivity index (χ4v) is 1.58. The van der Waals surface area contributed by atoms with Gasteiger partial charge < -0.3 is 21.3 Å². The Labute approximate surface area is 107 Å². The lowest BCUT2D eigenvalue weighted by atomic mass is 10.1. The van der Waals surface area contributed by atoms with E-state index in [2.05, 4.69) is 5.32 Å². The van der Waals surface area contributed by atoms with Gasteiger partial charge in [0.05, 0.1) is 11.3 Å². The first-order valence-corrected chi connectivity index (χ1v) is 6.02. The number of aromatic hydroxyl groups is 1. The molecule has 0 bridgehead atoms. The molecule has 0 aromatic heterocycles. The number of aliphatic hydroxyl groups excluding tert-OH is 1. The Hall–Kier alpha value is -1.75. The van der Waals surface area contributed by atoms with Crippen molar-refractivity contribution in [3.05, 3.63) is 23.8 Å². The van der Waals surface area contributed by atoms with Crippen molar-refractivity contribution in [1.82, 2.24) is 5.32 Å². The monoisotopic (exact) mass is 252 g/mol. The van der Waals surface area contributed by atoms with Gasteiger partial charge in [0.15, 0.2) is 5.75 Å². The van der Waals surface area contributed by atoms with Crippen LogP contribution in [0.25, 0.3) is 0 Å². The van der Waals surface area contributed by atoms with E-state index >= 15 is 0 Å². The van der Waals surface area contributed by atoms with E-state index < -0.39 is 0 Å². The van der Waals surface area contributed by atoms with Crippen LogP contribution in [0.15, 0.2) is 18.2 Å². The molecule has 100 valence electrons. The van der Waals surface area contributed by atoms with Crippen LogP contribution < -0.4 is 11.1 Å². The summed E-state index contributed by atoms with van der Waals surface area (Å²) in [6.45, 7) is 2.62. The molecule has 1 atom stereocenters. The Balaban J connectivity index is 2.44. The number of phenols is 1. The minimum absolute atomic E-state index is 0.157. The van der Waals surface area contributed by atoms with Gasteiger partial charge in [-0.05, 0) is 30.9 Å². The molecule has 1 unspecified atom stereocenters. The van der Waals surface area contributed by atoms with Crippen molar-refractivity contribution in [2.24, 2.45) is 5.92 Å². The maximum Gasteiger partial charge on any atom is 0.255 e.